The van der Waals surface area contributed by atoms with Crippen molar-refractivity contribution in [2.24, 2.45) is 10.2 Å². The number of nitrogens with zero attached hydrogens (tertiary/aromatic N) is 2. The van der Waals surface area contributed by atoms with Crippen molar-refractivity contribution >= 4 is 27.1 Å². The summed E-state index contributed by atoms with van der Waals surface area (Å²) in [5, 5.41) is 8.27. The maximum absolute atomic E-state index is 12.6. The Morgan fingerprint density at radius 3 is 2.11 bits per heavy atom. The van der Waals surface area contributed by atoms with Crippen molar-refractivity contribution in [3.8, 4) is 11.5 Å². The Balaban J connectivity index is 1.48. The molecule has 28 heavy (non-hydrogen) atoms. The molecule has 1 aliphatic rings. The predicted molar refractivity (Wildman–Crippen MR) is 105 cm³/mol. The first-order valence-corrected chi connectivity index (χ1v) is 10.1. The van der Waals surface area contributed by atoms with Crippen LogP contribution in [0.15, 0.2) is 87.9 Å². The number of hydrogen-bond donors (Lipinski definition) is 1. The second-order valence-corrected chi connectivity index (χ2v) is 7.68. The minimum Gasteiger partial charge on any atom is -0.486 e. The van der Waals surface area contributed by atoms with Gasteiger partial charge in [0.2, 0.25) is 0 Å². The number of rotatable bonds is 5. The Morgan fingerprint density at radius 1 is 0.750 bits per heavy atom. The third-order valence-electron chi connectivity index (χ3n) is 3.98. The summed E-state index contributed by atoms with van der Waals surface area (Å²) < 4.78 is 38.7. The standard InChI is InChI=1S/C20H17N3O4S/c24-28(25,18-10-11-19-20(14-18)27-13-12-26-19)23-17-8-6-16(7-9-17)22-21-15-4-2-1-3-5-15/h1-11,14,23H,12-13H2. The van der Waals surface area contributed by atoms with Crippen LogP contribution in [0, 0.1) is 0 Å². The summed E-state index contributed by atoms with van der Waals surface area (Å²) in [7, 11) is -3.75. The van der Waals surface area contributed by atoms with E-state index >= 15 is 0 Å². The number of azo groups is 1. The Kier molecular flexibility index (Phi) is 4.94. The molecule has 3 aromatic rings. The lowest BCUT2D eigenvalue weighted by molar-refractivity contribution is 0.171. The predicted octanol–water partition coefficient (Wildman–Crippen LogP) is 4.67. The monoisotopic (exact) mass is 395 g/mol. The van der Waals surface area contributed by atoms with Crippen molar-refractivity contribution in [1.29, 1.82) is 0 Å². The van der Waals surface area contributed by atoms with Crippen LogP contribution in [0.3, 0.4) is 0 Å². The van der Waals surface area contributed by atoms with E-state index in [1.54, 1.807) is 30.3 Å². The number of hydrogen-bond acceptors (Lipinski definition) is 6. The van der Waals surface area contributed by atoms with Crippen molar-refractivity contribution in [1.82, 2.24) is 0 Å². The lowest BCUT2D eigenvalue weighted by Gasteiger charge is -2.19. The summed E-state index contributed by atoms with van der Waals surface area (Å²) in [5.41, 5.74) is 1.78. The second kappa shape index (κ2) is 7.69. The van der Waals surface area contributed by atoms with Crippen molar-refractivity contribution in [3.05, 3.63) is 72.8 Å². The molecule has 1 aliphatic heterocycles. The summed E-state index contributed by atoms with van der Waals surface area (Å²) in [6, 6.07) is 20.5. The van der Waals surface area contributed by atoms with E-state index in [9.17, 15) is 8.42 Å². The molecule has 0 amide bonds. The van der Waals surface area contributed by atoms with E-state index in [1.807, 2.05) is 30.3 Å². The van der Waals surface area contributed by atoms with Crippen LogP contribution in [0.2, 0.25) is 0 Å². The van der Waals surface area contributed by atoms with E-state index < -0.39 is 10.0 Å². The van der Waals surface area contributed by atoms with Crippen LogP contribution in [0.4, 0.5) is 17.1 Å². The third-order valence-corrected chi connectivity index (χ3v) is 5.36. The highest BCUT2D eigenvalue weighted by Crippen LogP contribution is 2.33. The molecule has 0 saturated carbocycles. The molecule has 0 atom stereocenters. The van der Waals surface area contributed by atoms with Gasteiger partial charge in [-0.15, -0.1) is 0 Å². The third kappa shape index (κ3) is 4.12. The van der Waals surface area contributed by atoms with Crippen LogP contribution in [0.5, 0.6) is 11.5 Å². The van der Waals surface area contributed by atoms with Crippen LogP contribution >= 0.6 is 0 Å². The van der Waals surface area contributed by atoms with E-state index in [-0.39, 0.29) is 4.90 Å². The van der Waals surface area contributed by atoms with Crippen LogP contribution in [-0.2, 0) is 10.0 Å². The summed E-state index contributed by atoms with van der Waals surface area (Å²) >= 11 is 0. The molecule has 8 heteroatoms. The molecule has 0 aliphatic carbocycles. The first-order chi connectivity index (χ1) is 13.6. The number of fused-ring (bicyclic) bond motifs is 1. The van der Waals surface area contributed by atoms with Gasteiger partial charge in [-0.2, -0.15) is 10.2 Å². The Labute approximate surface area is 162 Å². The summed E-state index contributed by atoms with van der Waals surface area (Å²) in [4.78, 5) is 0.101. The average molecular weight is 395 g/mol. The van der Waals surface area contributed by atoms with Crippen LogP contribution < -0.4 is 14.2 Å². The normalized spacial score (nSPS) is 13.4. The Bertz CT molecular complexity index is 1100. The van der Waals surface area contributed by atoms with Gasteiger partial charge in [-0.25, -0.2) is 8.42 Å². The highest BCUT2D eigenvalue weighted by atomic mass is 32.2. The lowest BCUT2D eigenvalue weighted by Crippen LogP contribution is -2.17. The van der Waals surface area contributed by atoms with E-state index in [2.05, 4.69) is 15.0 Å². The van der Waals surface area contributed by atoms with Crippen LogP contribution in [0.1, 0.15) is 0 Å². The van der Waals surface area contributed by atoms with Crippen molar-refractivity contribution < 1.29 is 17.9 Å². The summed E-state index contributed by atoms with van der Waals surface area (Å²) in [6.45, 7) is 0.842. The molecule has 0 aromatic heterocycles. The average Bonchev–Trinajstić information content (AvgIpc) is 2.73. The molecule has 0 spiro atoms. The first-order valence-electron chi connectivity index (χ1n) is 8.59. The summed E-state index contributed by atoms with van der Waals surface area (Å²) in [5.74, 6) is 0.962. The summed E-state index contributed by atoms with van der Waals surface area (Å²) in [6.07, 6.45) is 0. The SMILES string of the molecule is O=S(=O)(Nc1ccc(N=Nc2ccccc2)cc1)c1ccc2c(c1)OCCO2. The highest BCUT2D eigenvalue weighted by Gasteiger charge is 2.19. The molecule has 0 unspecified atom stereocenters. The van der Waals surface area contributed by atoms with E-state index in [0.717, 1.165) is 5.69 Å². The zero-order valence-corrected chi connectivity index (χ0v) is 15.6. The highest BCUT2D eigenvalue weighted by molar-refractivity contribution is 7.92. The second-order valence-electron chi connectivity index (χ2n) is 5.99. The van der Waals surface area contributed by atoms with Gasteiger partial charge in [-0.1, -0.05) is 18.2 Å². The molecule has 142 valence electrons. The quantitative estimate of drug-likeness (QED) is 0.636. The lowest BCUT2D eigenvalue weighted by atomic mass is 10.3. The van der Waals surface area contributed by atoms with E-state index in [4.69, 9.17) is 9.47 Å². The fourth-order valence-corrected chi connectivity index (χ4v) is 3.68. The van der Waals surface area contributed by atoms with Gasteiger partial charge in [-0.3, -0.25) is 4.72 Å². The molecule has 0 bridgehead atoms. The molecule has 1 N–H and O–H groups in total. The molecular weight excluding hydrogens is 378 g/mol. The van der Waals surface area contributed by atoms with E-state index in [1.165, 1.54) is 12.1 Å². The van der Waals surface area contributed by atoms with Gasteiger partial charge in [0.1, 0.15) is 13.2 Å². The van der Waals surface area contributed by atoms with Gasteiger partial charge in [-0.05, 0) is 48.5 Å². The molecular formula is C20H17N3O4S. The van der Waals surface area contributed by atoms with Crippen molar-refractivity contribution in [2.75, 3.05) is 17.9 Å². The fourth-order valence-electron chi connectivity index (χ4n) is 2.61. The zero-order chi connectivity index (χ0) is 19.4. The molecule has 4 rings (SSSR count). The van der Waals surface area contributed by atoms with Gasteiger partial charge in [0.05, 0.1) is 16.3 Å². The number of anilines is 1. The molecule has 3 aromatic carbocycles. The molecule has 1 heterocycles. The number of sulfonamides is 1. The largest absolute Gasteiger partial charge is 0.486 e. The topological polar surface area (TPSA) is 89.4 Å². The maximum Gasteiger partial charge on any atom is 0.262 e. The van der Waals surface area contributed by atoms with Gasteiger partial charge in [0, 0.05) is 11.8 Å². The fraction of sp³-hybridized carbons (Fsp3) is 0.100. The van der Waals surface area contributed by atoms with Gasteiger partial charge in [0.25, 0.3) is 10.0 Å². The number of nitrogens with one attached hydrogen (secondary N) is 1. The molecule has 0 fully saturated rings. The van der Waals surface area contributed by atoms with Crippen molar-refractivity contribution in [3.63, 3.8) is 0 Å². The smallest absolute Gasteiger partial charge is 0.262 e. The van der Waals surface area contributed by atoms with Crippen LogP contribution in [-0.4, -0.2) is 21.6 Å². The van der Waals surface area contributed by atoms with Crippen molar-refractivity contribution in [2.45, 2.75) is 4.90 Å². The van der Waals surface area contributed by atoms with Gasteiger partial charge >= 0.3 is 0 Å². The van der Waals surface area contributed by atoms with Crippen LogP contribution in [0.25, 0.3) is 0 Å². The molecule has 0 radical (unpaired) electrons. The minimum absolute atomic E-state index is 0.101. The van der Waals surface area contributed by atoms with E-state index in [0.29, 0.717) is 36.1 Å². The van der Waals surface area contributed by atoms with Gasteiger partial charge in [0.15, 0.2) is 11.5 Å². The Morgan fingerprint density at radius 2 is 1.39 bits per heavy atom. The van der Waals surface area contributed by atoms with Gasteiger partial charge < -0.3 is 9.47 Å². The minimum atomic E-state index is -3.75. The molecule has 0 saturated heterocycles. The Hall–Kier alpha value is -3.39. The first kappa shape index (κ1) is 18.0. The molecule has 7 nitrogen and oxygen atoms in total. The number of ether oxygens (including phenoxy) is 2. The zero-order valence-electron chi connectivity index (χ0n) is 14.8. The maximum atomic E-state index is 12.6. The number of benzene rings is 3.